The van der Waals surface area contributed by atoms with Crippen LogP contribution in [0.5, 0.6) is 0 Å². The molecule has 6 nitrogen and oxygen atoms in total. The molecular formula is C16H19F3N2O4. The summed E-state index contributed by atoms with van der Waals surface area (Å²) >= 11 is 0. The van der Waals surface area contributed by atoms with Gasteiger partial charge in [-0.25, -0.2) is 4.79 Å². The van der Waals surface area contributed by atoms with E-state index in [1.807, 2.05) is 5.32 Å². The molecule has 1 aliphatic heterocycles. The van der Waals surface area contributed by atoms with E-state index in [0.717, 1.165) is 4.90 Å². The van der Waals surface area contributed by atoms with E-state index >= 15 is 0 Å². The normalized spacial score (nSPS) is 18.2. The zero-order chi connectivity index (χ0) is 18.5. The number of nitrogens with one attached hydrogen (secondary N) is 1. The van der Waals surface area contributed by atoms with Gasteiger partial charge in [-0.15, -0.1) is 0 Å². The van der Waals surface area contributed by atoms with Gasteiger partial charge in [0, 0.05) is 18.7 Å². The minimum absolute atomic E-state index is 0.00804. The Morgan fingerprint density at radius 3 is 2.32 bits per heavy atom. The van der Waals surface area contributed by atoms with Gasteiger partial charge in [-0.2, -0.15) is 13.2 Å². The molecule has 1 aromatic carbocycles. The fourth-order valence-electron chi connectivity index (χ4n) is 2.59. The molecule has 0 spiro atoms. The molecule has 1 heterocycles. The van der Waals surface area contributed by atoms with Gasteiger partial charge in [0.1, 0.15) is 0 Å². The van der Waals surface area contributed by atoms with Crippen molar-refractivity contribution in [2.24, 2.45) is 0 Å². The van der Waals surface area contributed by atoms with Crippen molar-refractivity contribution >= 4 is 11.9 Å². The predicted octanol–water partition coefficient (Wildman–Crippen LogP) is 1.57. The van der Waals surface area contributed by atoms with Crippen molar-refractivity contribution in [1.29, 1.82) is 0 Å². The molecule has 1 amide bonds. The second-order valence-electron chi connectivity index (χ2n) is 5.35. The SMILES string of the molecule is CCOC(=O)[C@](NC(=O)c1ccccc1)(N1CCOCC1)C(F)(F)F. The van der Waals surface area contributed by atoms with Gasteiger partial charge in [-0.3, -0.25) is 9.69 Å². The van der Waals surface area contributed by atoms with Gasteiger partial charge in [0.25, 0.3) is 11.6 Å². The van der Waals surface area contributed by atoms with E-state index in [0.29, 0.717) is 0 Å². The van der Waals surface area contributed by atoms with E-state index in [2.05, 4.69) is 4.74 Å². The number of alkyl halides is 3. The molecule has 1 saturated heterocycles. The highest BCUT2D eigenvalue weighted by atomic mass is 19.4. The first-order chi connectivity index (χ1) is 11.8. The van der Waals surface area contributed by atoms with Crippen LogP contribution in [0.15, 0.2) is 30.3 Å². The van der Waals surface area contributed by atoms with Crippen molar-refractivity contribution in [3.63, 3.8) is 0 Å². The lowest BCUT2D eigenvalue weighted by Gasteiger charge is -2.44. The van der Waals surface area contributed by atoms with Gasteiger partial charge in [0.2, 0.25) is 0 Å². The van der Waals surface area contributed by atoms with E-state index in [4.69, 9.17) is 4.74 Å². The first kappa shape index (κ1) is 19.2. The maximum atomic E-state index is 14.0. The summed E-state index contributed by atoms with van der Waals surface area (Å²) in [5.41, 5.74) is -3.26. The summed E-state index contributed by atoms with van der Waals surface area (Å²) in [6.07, 6.45) is -5.08. The number of esters is 1. The van der Waals surface area contributed by atoms with Crippen molar-refractivity contribution in [1.82, 2.24) is 10.2 Å². The number of carbonyl (C=O) groups is 2. The quantitative estimate of drug-likeness (QED) is 0.808. The minimum atomic E-state index is -5.08. The molecule has 0 bridgehead atoms. The van der Waals surface area contributed by atoms with Gasteiger partial charge in [-0.05, 0) is 19.1 Å². The molecule has 1 atom stereocenters. The third-order valence-corrected chi connectivity index (χ3v) is 3.80. The third-order valence-electron chi connectivity index (χ3n) is 3.80. The summed E-state index contributed by atoms with van der Waals surface area (Å²) in [4.78, 5) is 25.6. The fourth-order valence-corrected chi connectivity index (χ4v) is 2.59. The van der Waals surface area contributed by atoms with Crippen LogP contribution in [0, 0.1) is 0 Å². The monoisotopic (exact) mass is 360 g/mol. The molecule has 0 unspecified atom stereocenters. The van der Waals surface area contributed by atoms with E-state index in [-0.39, 0.29) is 38.5 Å². The highest BCUT2D eigenvalue weighted by Gasteiger charge is 2.66. The van der Waals surface area contributed by atoms with Gasteiger partial charge >= 0.3 is 12.1 Å². The Kier molecular flexibility index (Phi) is 6.02. The molecule has 1 N–H and O–H groups in total. The molecule has 9 heteroatoms. The largest absolute Gasteiger partial charge is 0.463 e. The van der Waals surface area contributed by atoms with Crippen LogP contribution in [-0.4, -0.2) is 61.5 Å². The van der Waals surface area contributed by atoms with E-state index in [9.17, 15) is 22.8 Å². The standard InChI is InChI=1S/C16H19F3N2O4/c1-2-25-14(23)15(16(17,18)19,21-8-10-24-11-9-21)20-13(22)12-6-4-3-5-7-12/h3-7H,2,8-11H2,1H3,(H,20,22)/t15-/m0/s1. The van der Waals surface area contributed by atoms with E-state index in [1.165, 1.54) is 31.2 Å². The lowest BCUT2D eigenvalue weighted by atomic mass is 10.1. The van der Waals surface area contributed by atoms with Crippen molar-refractivity contribution in [3.05, 3.63) is 35.9 Å². The van der Waals surface area contributed by atoms with Gasteiger partial charge < -0.3 is 14.8 Å². The summed E-state index contributed by atoms with van der Waals surface area (Å²) in [6, 6.07) is 7.38. The highest BCUT2D eigenvalue weighted by molar-refractivity contribution is 5.98. The molecule has 1 fully saturated rings. The second-order valence-corrected chi connectivity index (χ2v) is 5.35. The Morgan fingerprint density at radius 1 is 1.20 bits per heavy atom. The van der Waals surface area contributed by atoms with Crippen LogP contribution in [0.1, 0.15) is 17.3 Å². The topological polar surface area (TPSA) is 67.9 Å². The van der Waals surface area contributed by atoms with Crippen LogP contribution in [0.4, 0.5) is 13.2 Å². The fraction of sp³-hybridized carbons (Fsp3) is 0.500. The number of hydrogen-bond donors (Lipinski definition) is 1. The summed E-state index contributed by atoms with van der Waals surface area (Å²) in [5, 5.41) is 1.87. The molecule has 2 rings (SSSR count). The van der Waals surface area contributed by atoms with E-state index < -0.39 is 23.7 Å². The molecule has 1 aliphatic rings. The van der Waals surface area contributed by atoms with E-state index in [1.54, 1.807) is 6.07 Å². The van der Waals surface area contributed by atoms with Crippen LogP contribution in [0.2, 0.25) is 0 Å². The first-order valence-electron chi connectivity index (χ1n) is 7.77. The number of rotatable bonds is 5. The number of amides is 1. The third kappa shape index (κ3) is 3.93. The molecule has 0 aliphatic carbocycles. The summed E-state index contributed by atoms with van der Waals surface area (Å²) in [7, 11) is 0. The van der Waals surface area contributed by atoms with Crippen molar-refractivity contribution in [3.8, 4) is 0 Å². The number of halogens is 3. The predicted molar refractivity (Wildman–Crippen MR) is 81.7 cm³/mol. The summed E-state index contributed by atoms with van der Waals surface area (Å²) in [6.45, 7) is 0.831. The Balaban J connectivity index is 2.44. The Bertz CT molecular complexity index is 603. The molecule has 25 heavy (non-hydrogen) atoms. The van der Waals surface area contributed by atoms with Crippen LogP contribution in [0.25, 0.3) is 0 Å². The van der Waals surface area contributed by atoms with Crippen molar-refractivity contribution in [2.75, 3.05) is 32.9 Å². The number of hydrogen-bond acceptors (Lipinski definition) is 5. The average Bonchev–Trinajstić information content (AvgIpc) is 2.60. The van der Waals surface area contributed by atoms with Crippen LogP contribution >= 0.6 is 0 Å². The average molecular weight is 360 g/mol. The number of carbonyl (C=O) groups excluding carboxylic acids is 2. The molecule has 1 aromatic rings. The number of ether oxygens (including phenoxy) is 2. The summed E-state index contributed by atoms with van der Waals surface area (Å²) in [5.74, 6) is -2.58. The number of benzene rings is 1. The van der Waals surface area contributed by atoms with Gasteiger partial charge in [-0.1, -0.05) is 18.2 Å². The highest BCUT2D eigenvalue weighted by Crippen LogP contribution is 2.35. The Hall–Kier alpha value is -2.13. The minimum Gasteiger partial charge on any atom is -0.463 e. The smallest absolute Gasteiger partial charge is 0.436 e. The van der Waals surface area contributed by atoms with Gasteiger partial charge in [0.05, 0.1) is 19.8 Å². The number of nitrogens with zero attached hydrogens (tertiary/aromatic N) is 1. The summed E-state index contributed by atoms with van der Waals surface area (Å²) < 4.78 is 51.8. The van der Waals surface area contributed by atoms with Crippen molar-refractivity contribution < 1.29 is 32.2 Å². The van der Waals surface area contributed by atoms with Crippen molar-refractivity contribution in [2.45, 2.75) is 18.8 Å². The zero-order valence-electron chi connectivity index (χ0n) is 13.6. The second kappa shape index (κ2) is 7.83. The lowest BCUT2D eigenvalue weighted by Crippen LogP contribution is -2.75. The molecular weight excluding hydrogens is 341 g/mol. The first-order valence-corrected chi connectivity index (χ1v) is 7.77. The van der Waals surface area contributed by atoms with Crippen LogP contribution in [0.3, 0.4) is 0 Å². The Morgan fingerprint density at radius 2 is 1.80 bits per heavy atom. The maximum Gasteiger partial charge on any atom is 0.436 e. The van der Waals surface area contributed by atoms with Crippen LogP contribution in [-0.2, 0) is 14.3 Å². The number of morpholine rings is 1. The molecule has 0 aromatic heterocycles. The zero-order valence-corrected chi connectivity index (χ0v) is 13.6. The Labute approximate surface area is 142 Å². The molecule has 138 valence electrons. The molecule has 0 saturated carbocycles. The van der Waals surface area contributed by atoms with Gasteiger partial charge in [0.15, 0.2) is 0 Å². The molecule has 0 radical (unpaired) electrons. The lowest BCUT2D eigenvalue weighted by molar-refractivity contribution is -0.253. The maximum absolute atomic E-state index is 14.0. The van der Waals surface area contributed by atoms with Crippen LogP contribution < -0.4 is 5.32 Å².